The van der Waals surface area contributed by atoms with Crippen LogP contribution in [0.2, 0.25) is 0 Å². The molecule has 1 fully saturated rings. The van der Waals surface area contributed by atoms with Gasteiger partial charge in [-0.1, -0.05) is 0 Å². The number of piperidine rings is 1. The molecule has 1 atom stereocenters. The van der Waals surface area contributed by atoms with E-state index in [1.165, 1.54) is 34.8 Å². The highest BCUT2D eigenvalue weighted by Crippen LogP contribution is 2.27. The number of thiazole rings is 1. The lowest BCUT2D eigenvalue weighted by molar-refractivity contribution is -0.119. The SMILES string of the molecule is CN=C(NCCCc1nc2c(s1)CCCC2)N1CCCC(CC(N)=O)C1. The molecule has 1 amide bonds. The van der Waals surface area contributed by atoms with Crippen LogP contribution in [0.4, 0.5) is 0 Å². The summed E-state index contributed by atoms with van der Waals surface area (Å²) in [7, 11) is 1.83. The average molecular weight is 378 g/mol. The van der Waals surface area contributed by atoms with Crippen LogP contribution in [0.5, 0.6) is 0 Å². The summed E-state index contributed by atoms with van der Waals surface area (Å²) in [6.45, 7) is 2.75. The summed E-state index contributed by atoms with van der Waals surface area (Å²) in [4.78, 5) is 24.2. The lowest BCUT2D eigenvalue weighted by Gasteiger charge is -2.34. The van der Waals surface area contributed by atoms with Crippen molar-refractivity contribution in [2.75, 3.05) is 26.7 Å². The van der Waals surface area contributed by atoms with Crippen LogP contribution in [0.25, 0.3) is 0 Å². The molecular formula is C19H31N5OS. The van der Waals surface area contributed by atoms with E-state index in [9.17, 15) is 4.79 Å². The zero-order valence-corrected chi connectivity index (χ0v) is 16.6. The van der Waals surface area contributed by atoms with Crippen LogP contribution in [0.15, 0.2) is 4.99 Å². The Morgan fingerprint density at radius 3 is 3.00 bits per heavy atom. The van der Waals surface area contributed by atoms with Crippen molar-refractivity contribution in [2.24, 2.45) is 16.6 Å². The number of carbonyl (C=O) groups is 1. The molecule has 0 radical (unpaired) electrons. The normalized spacial score (nSPS) is 20.7. The maximum Gasteiger partial charge on any atom is 0.217 e. The minimum Gasteiger partial charge on any atom is -0.370 e. The molecule has 1 unspecified atom stereocenters. The number of fused-ring (bicyclic) bond motifs is 1. The molecule has 6 nitrogen and oxygen atoms in total. The van der Waals surface area contributed by atoms with Crippen molar-refractivity contribution in [3.05, 3.63) is 15.6 Å². The number of rotatable bonds is 6. The largest absolute Gasteiger partial charge is 0.370 e. The average Bonchev–Trinajstić information content (AvgIpc) is 3.04. The number of nitrogens with zero attached hydrogens (tertiary/aromatic N) is 3. The van der Waals surface area contributed by atoms with Crippen LogP contribution < -0.4 is 11.1 Å². The van der Waals surface area contributed by atoms with E-state index >= 15 is 0 Å². The molecule has 1 aromatic rings. The zero-order chi connectivity index (χ0) is 18.4. The van der Waals surface area contributed by atoms with Crippen LogP contribution in [0.1, 0.15) is 54.1 Å². The van der Waals surface area contributed by atoms with E-state index in [2.05, 4.69) is 15.2 Å². The fourth-order valence-electron chi connectivity index (χ4n) is 3.99. The molecule has 0 spiro atoms. The molecule has 0 aromatic carbocycles. The van der Waals surface area contributed by atoms with Crippen molar-refractivity contribution in [3.8, 4) is 0 Å². The highest BCUT2D eigenvalue weighted by atomic mass is 32.1. The van der Waals surface area contributed by atoms with Crippen LogP contribution >= 0.6 is 11.3 Å². The summed E-state index contributed by atoms with van der Waals surface area (Å²) < 4.78 is 0. The standard InChI is InChI=1S/C19H31N5OS/c1-21-19(24-11-5-6-14(13-24)12-17(20)25)22-10-4-9-18-23-15-7-2-3-8-16(15)26-18/h14H,2-13H2,1H3,(H2,20,25)(H,21,22). The molecule has 0 saturated carbocycles. The van der Waals surface area contributed by atoms with Gasteiger partial charge in [0.25, 0.3) is 0 Å². The molecular weight excluding hydrogens is 346 g/mol. The fourth-order valence-corrected chi connectivity index (χ4v) is 5.19. The zero-order valence-electron chi connectivity index (χ0n) is 15.8. The van der Waals surface area contributed by atoms with Crippen molar-refractivity contribution in [2.45, 2.75) is 57.8 Å². The number of hydrogen-bond acceptors (Lipinski definition) is 4. The van der Waals surface area contributed by atoms with Gasteiger partial charge in [0.15, 0.2) is 5.96 Å². The van der Waals surface area contributed by atoms with Gasteiger partial charge >= 0.3 is 0 Å². The Morgan fingerprint density at radius 1 is 1.38 bits per heavy atom. The van der Waals surface area contributed by atoms with Crippen molar-refractivity contribution in [1.29, 1.82) is 0 Å². The van der Waals surface area contributed by atoms with Crippen LogP contribution in [0.3, 0.4) is 0 Å². The number of nitrogens with one attached hydrogen (secondary N) is 1. The Kier molecular flexibility index (Phi) is 6.88. The number of amides is 1. The number of guanidine groups is 1. The molecule has 7 heteroatoms. The topological polar surface area (TPSA) is 83.6 Å². The second-order valence-corrected chi connectivity index (χ2v) is 8.56. The van der Waals surface area contributed by atoms with E-state index in [4.69, 9.17) is 10.7 Å². The highest BCUT2D eigenvalue weighted by Gasteiger charge is 2.23. The molecule has 1 aliphatic carbocycles. The van der Waals surface area contributed by atoms with Gasteiger partial charge in [0, 0.05) is 44.4 Å². The first-order chi connectivity index (χ1) is 12.7. The summed E-state index contributed by atoms with van der Waals surface area (Å²) in [5.41, 5.74) is 6.71. The predicted molar refractivity (Wildman–Crippen MR) is 107 cm³/mol. The van der Waals surface area contributed by atoms with E-state index in [1.54, 1.807) is 0 Å². The van der Waals surface area contributed by atoms with E-state index in [1.807, 2.05) is 18.4 Å². The third-order valence-corrected chi connectivity index (χ3v) is 6.48. The number of aliphatic imine (C=N–C) groups is 1. The molecule has 0 bridgehead atoms. The molecule has 2 heterocycles. The Morgan fingerprint density at radius 2 is 2.23 bits per heavy atom. The van der Waals surface area contributed by atoms with Crippen molar-refractivity contribution in [1.82, 2.24) is 15.2 Å². The van der Waals surface area contributed by atoms with Gasteiger partial charge in [-0.25, -0.2) is 4.98 Å². The predicted octanol–water partition coefficient (Wildman–Crippen LogP) is 2.12. The number of primary amides is 1. The molecule has 144 valence electrons. The lowest BCUT2D eigenvalue weighted by atomic mass is 9.95. The Hall–Kier alpha value is -1.63. The molecule has 3 rings (SSSR count). The van der Waals surface area contributed by atoms with E-state index in [0.717, 1.165) is 57.7 Å². The number of aromatic nitrogens is 1. The Balaban J connectivity index is 1.42. The van der Waals surface area contributed by atoms with Crippen molar-refractivity contribution >= 4 is 23.2 Å². The smallest absolute Gasteiger partial charge is 0.217 e. The molecule has 3 N–H and O–H groups in total. The van der Waals surface area contributed by atoms with Gasteiger partial charge in [0.1, 0.15) is 0 Å². The fraction of sp³-hybridized carbons (Fsp3) is 0.737. The van der Waals surface area contributed by atoms with Gasteiger partial charge in [-0.15, -0.1) is 11.3 Å². The minimum absolute atomic E-state index is 0.203. The summed E-state index contributed by atoms with van der Waals surface area (Å²) in [5, 5.41) is 4.77. The molecule has 26 heavy (non-hydrogen) atoms. The van der Waals surface area contributed by atoms with Crippen LogP contribution in [-0.2, 0) is 24.1 Å². The van der Waals surface area contributed by atoms with E-state index in [0.29, 0.717) is 12.3 Å². The van der Waals surface area contributed by atoms with Gasteiger partial charge in [-0.05, 0) is 50.9 Å². The first-order valence-electron chi connectivity index (χ1n) is 9.87. The number of aryl methyl sites for hydroxylation is 3. The maximum atomic E-state index is 11.2. The van der Waals surface area contributed by atoms with Gasteiger partial charge in [-0.2, -0.15) is 0 Å². The van der Waals surface area contributed by atoms with Gasteiger partial charge in [0.2, 0.25) is 5.91 Å². The summed E-state index contributed by atoms with van der Waals surface area (Å²) in [6, 6.07) is 0. The third-order valence-electron chi connectivity index (χ3n) is 5.26. The molecule has 1 aromatic heterocycles. The van der Waals surface area contributed by atoms with Gasteiger partial charge in [0.05, 0.1) is 10.7 Å². The maximum absolute atomic E-state index is 11.2. The number of carbonyl (C=O) groups excluding carboxylic acids is 1. The lowest BCUT2D eigenvalue weighted by Crippen LogP contribution is -2.47. The van der Waals surface area contributed by atoms with E-state index < -0.39 is 0 Å². The molecule has 1 aliphatic heterocycles. The summed E-state index contributed by atoms with van der Waals surface area (Å²) in [5.74, 6) is 1.09. The highest BCUT2D eigenvalue weighted by molar-refractivity contribution is 7.11. The van der Waals surface area contributed by atoms with Crippen LogP contribution in [0, 0.1) is 5.92 Å². The molecule has 2 aliphatic rings. The second kappa shape index (κ2) is 9.35. The summed E-state index contributed by atoms with van der Waals surface area (Å²) in [6.07, 6.45) is 9.73. The van der Waals surface area contributed by atoms with Gasteiger partial charge in [-0.3, -0.25) is 9.79 Å². The summed E-state index contributed by atoms with van der Waals surface area (Å²) >= 11 is 1.91. The minimum atomic E-state index is -0.203. The van der Waals surface area contributed by atoms with E-state index in [-0.39, 0.29) is 5.91 Å². The first kappa shape index (κ1) is 19.1. The first-order valence-corrected chi connectivity index (χ1v) is 10.7. The second-order valence-electron chi connectivity index (χ2n) is 7.39. The monoisotopic (exact) mass is 377 g/mol. The Bertz CT molecular complexity index is 618. The Labute approximate surface area is 160 Å². The quantitative estimate of drug-likeness (QED) is 0.452. The van der Waals surface area contributed by atoms with Crippen LogP contribution in [-0.4, -0.2) is 48.4 Å². The number of likely N-dealkylation sites (tertiary alicyclic amines) is 1. The number of nitrogens with two attached hydrogens (primary N) is 1. The third kappa shape index (κ3) is 5.19. The van der Waals surface area contributed by atoms with Gasteiger partial charge < -0.3 is 16.0 Å². The van der Waals surface area contributed by atoms with Crippen molar-refractivity contribution in [3.63, 3.8) is 0 Å². The molecule has 1 saturated heterocycles. The number of hydrogen-bond donors (Lipinski definition) is 2. The van der Waals surface area contributed by atoms with Crippen molar-refractivity contribution < 1.29 is 4.79 Å².